The molecule has 0 atom stereocenters. The maximum absolute atomic E-state index is 11.7. The number of benzene rings is 1. The summed E-state index contributed by atoms with van der Waals surface area (Å²) in [5, 5.41) is 0. The highest BCUT2D eigenvalue weighted by Crippen LogP contribution is 2.24. The Balaban J connectivity index is 2.25. The van der Waals surface area contributed by atoms with Crippen molar-refractivity contribution in [3.8, 4) is 0 Å². The Labute approximate surface area is 133 Å². The molecule has 1 aliphatic rings. The molecule has 0 bridgehead atoms. The van der Waals surface area contributed by atoms with Crippen LogP contribution in [0.4, 0.5) is 5.69 Å². The fourth-order valence-electron chi connectivity index (χ4n) is 2.54. The zero-order valence-electron chi connectivity index (χ0n) is 14.2. The van der Waals surface area contributed by atoms with E-state index in [-0.39, 0.29) is 11.2 Å². The Bertz CT molecular complexity index is 652. The van der Waals surface area contributed by atoms with Gasteiger partial charge in [-0.3, -0.25) is 4.79 Å². The van der Waals surface area contributed by atoms with Crippen LogP contribution in [0.3, 0.4) is 0 Å². The predicted octanol–water partition coefficient (Wildman–Crippen LogP) is 5.21. The summed E-state index contributed by atoms with van der Waals surface area (Å²) in [6.07, 6.45) is 5.47. The normalized spacial score (nSPS) is 17.5. The third-order valence-corrected chi connectivity index (χ3v) is 3.68. The molecule has 0 N–H and O–H groups in total. The molecule has 2 rings (SSSR count). The van der Waals surface area contributed by atoms with Crippen molar-refractivity contribution in [2.75, 3.05) is 0 Å². The van der Waals surface area contributed by atoms with Gasteiger partial charge in [0.25, 0.3) is 0 Å². The molecule has 0 unspecified atom stereocenters. The van der Waals surface area contributed by atoms with Crippen molar-refractivity contribution in [1.82, 2.24) is 0 Å². The molecule has 2 nitrogen and oxygen atoms in total. The molecule has 1 aliphatic carbocycles. The van der Waals surface area contributed by atoms with E-state index in [9.17, 15) is 4.79 Å². The van der Waals surface area contributed by atoms with E-state index in [4.69, 9.17) is 4.99 Å². The first-order valence-corrected chi connectivity index (χ1v) is 7.90. The summed E-state index contributed by atoms with van der Waals surface area (Å²) < 4.78 is 0. The van der Waals surface area contributed by atoms with Crippen LogP contribution in [0.5, 0.6) is 0 Å². The van der Waals surface area contributed by atoms with E-state index in [1.54, 1.807) is 6.08 Å². The lowest BCUT2D eigenvalue weighted by atomic mass is 9.88. The van der Waals surface area contributed by atoms with Crippen molar-refractivity contribution in [3.05, 3.63) is 53.1 Å². The fourth-order valence-corrected chi connectivity index (χ4v) is 2.54. The van der Waals surface area contributed by atoms with Gasteiger partial charge in [0.15, 0.2) is 5.78 Å². The topological polar surface area (TPSA) is 29.4 Å². The first kappa shape index (κ1) is 16.4. The first-order valence-electron chi connectivity index (χ1n) is 7.90. The second-order valence-corrected chi connectivity index (χ2v) is 7.12. The molecule has 1 aromatic carbocycles. The van der Waals surface area contributed by atoms with Crippen LogP contribution in [0, 0.1) is 5.41 Å². The van der Waals surface area contributed by atoms with Gasteiger partial charge in [-0.25, -0.2) is 4.99 Å². The van der Waals surface area contributed by atoms with Crippen molar-refractivity contribution in [3.63, 3.8) is 0 Å². The second-order valence-electron chi connectivity index (χ2n) is 7.12. The van der Waals surface area contributed by atoms with Crippen LogP contribution >= 0.6 is 0 Å². The van der Waals surface area contributed by atoms with Crippen LogP contribution in [-0.2, 0) is 11.2 Å². The van der Waals surface area contributed by atoms with Crippen molar-refractivity contribution in [2.24, 2.45) is 10.4 Å². The van der Waals surface area contributed by atoms with Crippen LogP contribution in [0.15, 0.2) is 52.6 Å². The lowest BCUT2D eigenvalue weighted by Crippen LogP contribution is -2.11. The van der Waals surface area contributed by atoms with Crippen LogP contribution in [0.1, 0.15) is 46.6 Å². The predicted molar refractivity (Wildman–Crippen MR) is 93.8 cm³/mol. The zero-order chi connectivity index (χ0) is 16.3. The Morgan fingerprint density at radius 3 is 2.23 bits per heavy atom. The highest BCUT2D eigenvalue weighted by Gasteiger charge is 2.15. The van der Waals surface area contributed by atoms with Crippen LogP contribution in [0.2, 0.25) is 0 Å². The Morgan fingerprint density at radius 2 is 1.68 bits per heavy atom. The highest BCUT2D eigenvalue weighted by atomic mass is 16.1. The van der Waals surface area contributed by atoms with Crippen molar-refractivity contribution < 1.29 is 4.79 Å². The third kappa shape index (κ3) is 4.27. The smallest absolute Gasteiger partial charge is 0.181 e. The van der Waals surface area contributed by atoms with Gasteiger partial charge in [-0.2, -0.15) is 0 Å². The standard InChI is InChI=1S/C20H25NO/c1-6-16-12-19(22)14(2)11-18(16)21-17-9-7-15(8-10-17)13-20(3,4)5/h7-12H,6,13H2,1-5H3/b21-18+. The molecule has 0 saturated carbocycles. The van der Waals surface area contributed by atoms with Gasteiger partial charge < -0.3 is 0 Å². The minimum absolute atomic E-state index is 0.0938. The quantitative estimate of drug-likeness (QED) is 0.703. The fraction of sp³-hybridized carbons (Fsp3) is 0.400. The van der Waals surface area contributed by atoms with E-state index in [0.717, 1.165) is 35.4 Å². The number of hydrogen-bond acceptors (Lipinski definition) is 2. The van der Waals surface area contributed by atoms with E-state index in [1.165, 1.54) is 5.56 Å². The molecule has 0 saturated heterocycles. The Kier molecular flexibility index (Phi) is 4.80. The van der Waals surface area contributed by atoms with Gasteiger partial charge in [-0.15, -0.1) is 0 Å². The van der Waals surface area contributed by atoms with E-state index in [1.807, 2.05) is 13.0 Å². The van der Waals surface area contributed by atoms with Gasteiger partial charge in [0.05, 0.1) is 11.4 Å². The van der Waals surface area contributed by atoms with Gasteiger partial charge in [-0.1, -0.05) is 39.8 Å². The number of ketones is 1. The van der Waals surface area contributed by atoms with Crippen LogP contribution < -0.4 is 0 Å². The van der Waals surface area contributed by atoms with Crippen molar-refractivity contribution in [1.29, 1.82) is 0 Å². The molecule has 116 valence electrons. The van der Waals surface area contributed by atoms with Gasteiger partial charge >= 0.3 is 0 Å². The first-order chi connectivity index (χ1) is 10.3. The summed E-state index contributed by atoms with van der Waals surface area (Å²) in [4.78, 5) is 16.5. The number of carbonyl (C=O) groups excluding carboxylic acids is 1. The average Bonchev–Trinajstić information content (AvgIpc) is 2.43. The molecule has 0 heterocycles. The Morgan fingerprint density at radius 1 is 1.05 bits per heavy atom. The summed E-state index contributed by atoms with van der Waals surface area (Å²) in [6.45, 7) is 10.6. The minimum atomic E-state index is 0.0938. The molecule has 0 aromatic heterocycles. The summed E-state index contributed by atoms with van der Waals surface area (Å²) in [7, 11) is 0. The molecule has 0 fully saturated rings. The van der Waals surface area contributed by atoms with Crippen molar-refractivity contribution >= 4 is 17.2 Å². The van der Waals surface area contributed by atoms with Gasteiger partial charge in [0.1, 0.15) is 0 Å². The Hall–Kier alpha value is -1.96. The SMILES string of the molecule is CCC1=CC(=O)C(C)=C/C1=N\c1ccc(CC(C)(C)C)cc1. The minimum Gasteiger partial charge on any atom is -0.290 e. The van der Waals surface area contributed by atoms with Gasteiger partial charge in [-0.05, 0) is 66.2 Å². The summed E-state index contributed by atoms with van der Waals surface area (Å²) in [5.74, 6) is 0.0938. The lowest BCUT2D eigenvalue weighted by Gasteiger charge is -2.18. The molecule has 22 heavy (non-hydrogen) atoms. The zero-order valence-corrected chi connectivity index (χ0v) is 14.2. The number of nitrogens with zero attached hydrogens (tertiary/aromatic N) is 1. The third-order valence-electron chi connectivity index (χ3n) is 3.68. The molecule has 2 heteroatoms. The molecule has 0 aliphatic heterocycles. The van der Waals surface area contributed by atoms with E-state index >= 15 is 0 Å². The largest absolute Gasteiger partial charge is 0.290 e. The number of allylic oxidation sites excluding steroid dienone is 4. The number of carbonyl (C=O) groups is 1. The maximum atomic E-state index is 11.7. The molecular formula is C20H25NO. The molecule has 1 aromatic rings. The van der Waals surface area contributed by atoms with Crippen LogP contribution in [0.25, 0.3) is 0 Å². The van der Waals surface area contributed by atoms with Gasteiger partial charge in [0.2, 0.25) is 0 Å². The molecule has 0 radical (unpaired) electrons. The van der Waals surface area contributed by atoms with Crippen molar-refractivity contribution in [2.45, 2.75) is 47.5 Å². The van der Waals surface area contributed by atoms with E-state index in [2.05, 4.69) is 52.0 Å². The average molecular weight is 295 g/mol. The lowest BCUT2D eigenvalue weighted by molar-refractivity contribution is -0.111. The number of hydrogen-bond donors (Lipinski definition) is 0. The summed E-state index contributed by atoms with van der Waals surface area (Å²) in [5.41, 5.74) is 5.21. The second kappa shape index (κ2) is 6.43. The summed E-state index contributed by atoms with van der Waals surface area (Å²) >= 11 is 0. The van der Waals surface area contributed by atoms with E-state index < -0.39 is 0 Å². The van der Waals surface area contributed by atoms with E-state index in [0.29, 0.717) is 0 Å². The maximum Gasteiger partial charge on any atom is 0.181 e. The number of aliphatic imine (C=N–C) groups is 1. The molecular weight excluding hydrogens is 270 g/mol. The monoisotopic (exact) mass is 295 g/mol. The molecule has 0 spiro atoms. The van der Waals surface area contributed by atoms with Gasteiger partial charge in [0, 0.05) is 0 Å². The summed E-state index contributed by atoms with van der Waals surface area (Å²) in [6, 6.07) is 8.40. The highest BCUT2D eigenvalue weighted by molar-refractivity contribution is 6.22. The molecule has 0 amide bonds. The number of rotatable bonds is 3. The van der Waals surface area contributed by atoms with Crippen LogP contribution in [-0.4, -0.2) is 11.5 Å².